The highest BCUT2D eigenvalue weighted by Gasteiger charge is 2.40. The van der Waals surface area contributed by atoms with Crippen LogP contribution in [-0.2, 0) is 0 Å². The fraction of sp³-hybridized carbons (Fsp3) is 1.00. The molecule has 1 aliphatic carbocycles. The van der Waals surface area contributed by atoms with Gasteiger partial charge < -0.3 is 10.6 Å². The van der Waals surface area contributed by atoms with Gasteiger partial charge in [-0.3, -0.25) is 0 Å². The standard InChI is InChI=1S/C18H36N2/c1-17(2,3)15-7-6-11-20(12-9-15)13-14-8-10-18(4,5)16(14)19/h14-16H,6-13,19H2,1-5H3. The van der Waals surface area contributed by atoms with Crippen molar-refractivity contribution in [1.82, 2.24) is 4.90 Å². The molecule has 0 spiro atoms. The third-order valence-corrected chi connectivity index (χ3v) is 6.11. The highest BCUT2D eigenvalue weighted by molar-refractivity contribution is 4.95. The summed E-state index contributed by atoms with van der Waals surface area (Å²) in [5.74, 6) is 1.61. The van der Waals surface area contributed by atoms with Gasteiger partial charge in [0.15, 0.2) is 0 Å². The molecule has 2 rings (SSSR count). The number of nitrogens with two attached hydrogens (primary N) is 1. The van der Waals surface area contributed by atoms with Crippen molar-refractivity contribution in [3.8, 4) is 0 Å². The van der Waals surface area contributed by atoms with Gasteiger partial charge in [0.1, 0.15) is 0 Å². The van der Waals surface area contributed by atoms with Crippen LogP contribution in [0, 0.1) is 22.7 Å². The zero-order chi connectivity index (χ0) is 15.0. The molecule has 0 radical (unpaired) electrons. The molecular formula is C18H36N2. The molecule has 2 N–H and O–H groups in total. The van der Waals surface area contributed by atoms with E-state index in [0.717, 1.165) is 11.8 Å². The zero-order valence-electron chi connectivity index (χ0n) is 14.4. The lowest BCUT2D eigenvalue weighted by molar-refractivity contribution is 0.189. The molecule has 0 amide bonds. The largest absolute Gasteiger partial charge is 0.327 e. The van der Waals surface area contributed by atoms with Crippen LogP contribution in [-0.4, -0.2) is 30.6 Å². The van der Waals surface area contributed by atoms with Gasteiger partial charge in [-0.2, -0.15) is 0 Å². The van der Waals surface area contributed by atoms with E-state index in [1.54, 1.807) is 0 Å². The van der Waals surface area contributed by atoms with Gasteiger partial charge in [-0.05, 0) is 67.9 Å². The quantitative estimate of drug-likeness (QED) is 0.831. The topological polar surface area (TPSA) is 29.3 Å². The zero-order valence-corrected chi connectivity index (χ0v) is 14.4. The van der Waals surface area contributed by atoms with E-state index in [0.29, 0.717) is 16.9 Å². The summed E-state index contributed by atoms with van der Waals surface area (Å²) in [5.41, 5.74) is 7.31. The summed E-state index contributed by atoms with van der Waals surface area (Å²) in [5, 5.41) is 0. The van der Waals surface area contributed by atoms with E-state index in [-0.39, 0.29) is 0 Å². The van der Waals surface area contributed by atoms with Gasteiger partial charge >= 0.3 is 0 Å². The molecule has 20 heavy (non-hydrogen) atoms. The summed E-state index contributed by atoms with van der Waals surface area (Å²) in [6.07, 6.45) is 6.77. The second-order valence-electron chi connectivity index (χ2n) is 9.11. The Morgan fingerprint density at radius 1 is 1.10 bits per heavy atom. The molecule has 2 fully saturated rings. The number of hydrogen-bond acceptors (Lipinski definition) is 2. The van der Waals surface area contributed by atoms with Crippen molar-refractivity contribution in [2.45, 2.75) is 72.8 Å². The van der Waals surface area contributed by atoms with Crippen molar-refractivity contribution in [2.75, 3.05) is 19.6 Å². The second kappa shape index (κ2) is 5.96. The molecule has 3 atom stereocenters. The van der Waals surface area contributed by atoms with Crippen molar-refractivity contribution < 1.29 is 0 Å². The van der Waals surface area contributed by atoms with Crippen LogP contribution >= 0.6 is 0 Å². The monoisotopic (exact) mass is 280 g/mol. The van der Waals surface area contributed by atoms with Gasteiger partial charge in [-0.15, -0.1) is 0 Å². The smallest absolute Gasteiger partial charge is 0.0131 e. The summed E-state index contributed by atoms with van der Waals surface area (Å²) < 4.78 is 0. The van der Waals surface area contributed by atoms with E-state index in [1.165, 1.54) is 51.7 Å². The number of rotatable bonds is 2. The third kappa shape index (κ3) is 3.76. The van der Waals surface area contributed by atoms with Crippen molar-refractivity contribution in [3.05, 3.63) is 0 Å². The first-order valence-electron chi connectivity index (χ1n) is 8.68. The van der Waals surface area contributed by atoms with Gasteiger partial charge in [0.25, 0.3) is 0 Å². The van der Waals surface area contributed by atoms with Crippen molar-refractivity contribution in [3.63, 3.8) is 0 Å². The molecule has 1 saturated carbocycles. The predicted molar refractivity (Wildman–Crippen MR) is 87.7 cm³/mol. The second-order valence-corrected chi connectivity index (χ2v) is 9.11. The highest BCUT2D eigenvalue weighted by atomic mass is 15.1. The summed E-state index contributed by atoms with van der Waals surface area (Å²) in [4.78, 5) is 2.71. The van der Waals surface area contributed by atoms with E-state index in [9.17, 15) is 0 Å². The Kier molecular flexibility index (Phi) is 4.86. The molecule has 1 saturated heterocycles. The van der Waals surface area contributed by atoms with Crippen LogP contribution in [0.15, 0.2) is 0 Å². The molecule has 2 aliphatic rings. The molecule has 2 nitrogen and oxygen atoms in total. The van der Waals surface area contributed by atoms with Gasteiger partial charge in [-0.1, -0.05) is 34.6 Å². The lowest BCUT2D eigenvalue weighted by Crippen LogP contribution is -2.42. The minimum atomic E-state index is 0.352. The fourth-order valence-corrected chi connectivity index (χ4v) is 4.28. The van der Waals surface area contributed by atoms with E-state index in [4.69, 9.17) is 5.73 Å². The maximum absolute atomic E-state index is 6.48. The van der Waals surface area contributed by atoms with E-state index in [2.05, 4.69) is 39.5 Å². The van der Waals surface area contributed by atoms with E-state index >= 15 is 0 Å². The Bertz CT molecular complexity index is 316. The van der Waals surface area contributed by atoms with E-state index in [1.807, 2.05) is 0 Å². The maximum Gasteiger partial charge on any atom is 0.0131 e. The number of nitrogens with zero attached hydrogens (tertiary/aromatic N) is 1. The average molecular weight is 281 g/mol. The molecule has 3 unspecified atom stereocenters. The first-order chi connectivity index (χ1) is 9.20. The van der Waals surface area contributed by atoms with Crippen molar-refractivity contribution in [1.29, 1.82) is 0 Å². The third-order valence-electron chi connectivity index (χ3n) is 6.11. The average Bonchev–Trinajstić information content (AvgIpc) is 2.56. The summed E-state index contributed by atoms with van der Waals surface area (Å²) in [7, 11) is 0. The molecule has 2 heteroatoms. The minimum absolute atomic E-state index is 0.352. The fourth-order valence-electron chi connectivity index (χ4n) is 4.28. The SMILES string of the molecule is CC(C)(C)C1CCCN(CC2CCC(C)(C)C2N)CC1. The van der Waals surface area contributed by atoms with Gasteiger partial charge in [0, 0.05) is 12.6 Å². The minimum Gasteiger partial charge on any atom is -0.327 e. The Morgan fingerprint density at radius 3 is 2.35 bits per heavy atom. The first kappa shape index (κ1) is 16.3. The number of likely N-dealkylation sites (tertiary alicyclic amines) is 1. The molecule has 1 aliphatic heterocycles. The highest BCUT2D eigenvalue weighted by Crippen LogP contribution is 2.41. The van der Waals surface area contributed by atoms with Gasteiger partial charge in [0.05, 0.1) is 0 Å². The number of hydrogen-bond donors (Lipinski definition) is 1. The molecular weight excluding hydrogens is 244 g/mol. The van der Waals surface area contributed by atoms with Crippen LogP contribution in [0.25, 0.3) is 0 Å². The van der Waals surface area contributed by atoms with Crippen LogP contribution in [0.2, 0.25) is 0 Å². The predicted octanol–water partition coefficient (Wildman–Crippen LogP) is 3.90. The van der Waals surface area contributed by atoms with Crippen LogP contribution in [0.5, 0.6) is 0 Å². The van der Waals surface area contributed by atoms with Crippen LogP contribution in [0.3, 0.4) is 0 Å². The molecule has 0 aromatic heterocycles. The van der Waals surface area contributed by atoms with Gasteiger partial charge in [0.2, 0.25) is 0 Å². The Morgan fingerprint density at radius 2 is 1.80 bits per heavy atom. The van der Waals surface area contributed by atoms with Crippen LogP contribution in [0.1, 0.15) is 66.7 Å². The summed E-state index contributed by atoms with van der Waals surface area (Å²) in [6, 6.07) is 0.393. The normalized spacial score (nSPS) is 36.0. The Balaban J connectivity index is 1.86. The van der Waals surface area contributed by atoms with Gasteiger partial charge in [-0.25, -0.2) is 0 Å². The van der Waals surface area contributed by atoms with Crippen LogP contribution < -0.4 is 5.73 Å². The summed E-state index contributed by atoms with van der Waals surface area (Å²) >= 11 is 0. The molecule has 0 aromatic rings. The van der Waals surface area contributed by atoms with Crippen molar-refractivity contribution in [2.24, 2.45) is 28.4 Å². The summed E-state index contributed by atoms with van der Waals surface area (Å²) in [6.45, 7) is 15.7. The van der Waals surface area contributed by atoms with E-state index < -0.39 is 0 Å². The lowest BCUT2D eigenvalue weighted by atomic mass is 9.77. The maximum atomic E-state index is 6.48. The molecule has 1 heterocycles. The molecule has 0 bridgehead atoms. The van der Waals surface area contributed by atoms with Crippen molar-refractivity contribution >= 4 is 0 Å². The lowest BCUT2D eigenvalue weighted by Gasteiger charge is -2.31. The Labute approximate surface area is 126 Å². The molecule has 0 aromatic carbocycles. The molecule has 118 valence electrons. The first-order valence-corrected chi connectivity index (χ1v) is 8.68. The van der Waals surface area contributed by atoms with Crippen LogP contribution in [0.4, 0.5) is 0 Å². The Hall–Kier alpha value is -0.0800.